The lowest BCUT2D eigenvalue weighted by Crippen LogP contribution is -2.39. The van der Waals surface area contributed by atoms with Crippen LogP contribution in [0.4, 0.5) is 5.13 Å². The highest BCUT2D eigenvalue weighted by atomic mass is 79.9. The maximum Gasteiger partial charge on any atom is 0.245 e. The van der Waals surface area contributed by atoms with Crippen molar-refractivity contribution < 1.29 is 9.53 Å². The lowest BCUT2D eigenvalue weighted by molar-refractivity contribution is -0.118. The number of halogens is 2. The molecule has 0 aliphatic rings. The van der Waals surface area contributed by atoms with Crippen molar-refractivity contribution in [2.75, 3.05) is 19.0 Å². The van der Waals surface area contributed by atoms with Crippen LogP contribution in [0.15, 0.2) is 34.9 Å². The van der Waals surface area contributed by atoms with E-state index in [-0.39, 0.29) is 24.9 Å². The van der Waals surface area contributed by atoms with Crippen LogP contribution in [0.3, 0.4) is 0 Å². The van der Waals surface area contributed by atoms with Crippen LogP contribution in [0.25, 0.3) is 0 Å². The number of rotatable bonds is 6. The van der Waals surface area contributed by atoms with Gasteiger partial charge in [0.05, 0.1) is 6.61 Å². The van der Waals surface area contributed by atoms with E-state index in [0.717, 1.165) is 15.8 Å². The van der Waals surface area contributed by atoms with Crippen LogP contribution < -0.4 is 11.1 Å². The first-order chi connectivity index (χ1) is 10.1. The van der Waals surface area contributed by atoms with Gasteiger partial charge in [0.2, 0.25) is 5.91 Å². The van der Waals surface area contributed by atoms with E-state index < -0.39 is 6.04 Å². The van der Waals surface area contributed by atoms with E-state index in [1.54, 1.807) is 6.20 Å². The molecule has 0 aliphatic heterocycles. The van der Waals surface area contributed by atoms with Crippen molar-refractivity contribution in [1.82, 2.24) is 4.98 Å². The number of ether oxygens (including phenoxy) is 1. The first kappa shape index (κ1) is 19.1. The second-order valence-electron chi connectivity index (χ2n) is 4.49. The Morgan fingerprint density at radius 2 is 2.32 bits per heavy atom. The largest absolute Gasteiger partial charge is 0.383 e. The number of methoxy groups -OCH3 is 1. The topological polar surface area (TPSA) is 77.2 Å². The van der Waals surface area contributed by atoms with E-state index in [9.17, 15) is 4.79 Å². The van der Waals surface area contributed by atoms with E-state index in [1.165, 1.54) is 24.0 Å². The number of aromatic nitrogens is 1. The SMILES string of the molecule is COCC(N)C(=O)Nc1ncc(Cc2cccc(Br)c2)s1.Cl. The Bertz CT molecular complexity index is 624. The average molecular weight is 407 g/mol. The molecule has 120 valence electrons. The van der Waals surface area contributed by atoms with Crippen LogP contribution in [0.1, 0.15) is 10.4 Å². The molecule has 1 aromatic carbocycles. The summed E-state index contributed by atoms with van der Waals surface area (Å²) in [4.78, 5) is 17.0. The van der Waals surface area contributed by atoms with Gasteiger partial charge in [-0.2, -0.15) is 0 Å². The Morgan fingerprint density at radius 3 is 3.00 bits per heavy atom. The molecule has 3 N–H and O–H groups in total. The van der Waals surface area contributed by atoms with Gasteiger partial charge in [-0.1, -0.05) is 28.1 Å². The van der Waals surface area contributed by atoms with Gasteiger partial charge >= 0.3 is 0 Å². The smallest absolute Gasteiger partial charge is 0.245 e. The molecule has 0 radical (unpaired) electrons. The van der Waals surface area contributed by atoms with Gasteiger partial charge in [-0.05, 0) is 17.7 Å². The Labute approximate surface area is 147 Å². The maximum absolute atomic E-state index is 11.8. The summed E-state index contributed by atoms with van der Waals surface area (Å²) in [6, 6.07) is 7.41. The standard InChI is InChI=1S/C14H16BrN3O2S.ClH/c1-20-8-12(16)13(19)18-14-17-7-11(21-14)6-9-3-2-4-10(15)5-9;/h2-5,7,12H,6,8,16H2,1H3,(H,17,18,19);1H. The number of amides is 1. The van der Waals surface area contributed by atoms with Gasteiger partial charge in [0, 0.05) is 29.1 Å². The summed E-state index contributed by atoms with van der Waals surface area (Å²) < 4.78 is 5.90. The molecule has 22 heavy (non-hydrogen) atoms. The Balaban J connectivity index is 0.00000242. The molecule has 0 aliphatic carbocycles. The molecular weight excluding hydrogens is 390 g/mol. The summed E-state index contributed by atoms with van der Waals surface area (Å²) in [6.07, 6.45) is 2.54. The molecule has 1 aromatic heterocycles. The molecular formula is C14H17BrClN3O2S. The van der Waals surface area contributed by atoms with Crippen LogP contribution in [0.2, 0.25) is 0 Å². The van der Waals surface area contributed by atoms with Crippen LogP contribution >= 0.6 is 39.7 Å². The molecule has 0 saturated carbocycles. The maximum atomic E-state index is 11.8. The molecule has 5 nitrogen and oxygen atoms in total. The number of thiazole rings is 1. The second kappa shape index (κ2) is 9.22. The first-order valence-corrected chi connectivity index (χ1v) is 7.94. The van der Waals surface area contributed by atoms with Crippen LogP contribution in [-0.4, -0.2) is 30.6 Å². The van der Waals surface area contributed by atoms with Crippen molar-refractivity contribution in [3.63, 3.8) is 0 Å². The molecule has 1 atom stereocenters. The molecule has 0 bridgehead atoms. The van der Waals surface area contributed by atoms with Crippen molar-refractivity contribution in [3.05, 3.63) is 45.4 Å². The molecule has 0 spiro atoms. The predicted octanol–water partition coefficient (Wildman–Crippen LogP) is 2.83. The van der Waals surface area contributed by atoms with Crippen LogP contribution in [-0.2, 0) is 16.0 Å². The molecule has 2 rings (SSSR count). The predicted molar refractivity (Wildman–Crippen MR) is 94.8 cm³/mol. The fourth-order valence-electron chi connectivity index (χ4n) is 1.75. The summed E-state index contributed by atoms with van der Waals surface area (Å²) in [6.45, 7) is 0.183. The van der Waals surface area contributed by atoms with E-state index in [2.05, 4.69) is 38.4 Å². The number of carbonyl (C=O) groups is 1. The quantitative estimate of drug-likeness (QED) is 0.773. The average Bonchev–Trinajstić information content (AvgIpc) is 2.86. The lowest BCUT2D eigenvalue weighted by atomic mass is 10.1. The highest BCUT2D eigenvalue weighted by Gasteiger charge is 2.14. The molecule has 0 saturated heterocycles. The van der Waals surface area contributed by atoms with E-state index >= 15 is 0 Å². The van der Waals surface area contributed by atoms with Crippen molar-refractivity contribution >= 4 is 50.7 Å². The number of carbonyl (C=O) groups excluding carboxylic acids is 1. The lowest BCUT2D eigenvalue weighted by Gasteiger charge is -2.08. The Hall–Kier alpha value is -0.990. The van der Waals surface area contributed by atoms with Crippen molar-refractivity contribution in [2.45, 2.75) is 12.5 Å². The van der Waals surface area contributed by atoms with E-state index in [4.69, 9.17) is 10.5 Å². The number of hydrogen-bond donors (Lipinski definition) is 2. The second-order valence-corrected chi connectivity index (χ2v) is 6.52. The van der Waals surface area contributed by atoms with Crippen molar-refractivity contribution in [3.8, 4) is 0 Å². The number of anilines is 1. The van der Waals surface area contributed by atoms with Gasteiger partial charge in [0.1, 0.15) is 6.04 Å². The molecule has 1 heterocycles. The van der Waals surface area contributed by atoms with Crippen molar-refractivity contribution in [2.24, 2.45) is 5.73 Å². The minimum atomic E-state index is -0.688. The normalized spacial score (nSPS) is 11.6. The minimum absolute atomic E-state index is 0. The minimum Gasteiger partial charge on any atom is -0.383 e. The fraction of sp³-hybridized carbons (Fsp3) is 0.286. The van der Waals surface area contributed by atoms with E-state index in [1.807, 2.05) is 12.1 Å². The number of nitrogens with two attached hydrogens (primary N) is 1. The number of hydrogen-bond acceptors (Lipinski definition) is 5. The third kappa shape index (κ3) is 5.66. The van der Waals surface area contributed by atoms with Gasteiger partial charge in [0.15, 0.2) is 5.13 Å². The molecule has 1 unspecified atom stereocenters. The monoisotopic (exact) mass is 405 g/mol. The van der Waals surface area contributed by atoms with E-state index in [0.29, 0.717) is 5.13 Å². The molecule has 1 amide bonds. The van der Waals surface area contributed by atoms with Crippen LogP contribution in [0, 0.1) is 0 Å². The molecule has 8 heteroatoms. The third-order valence-electron chi connectivity index (χ3n) is 2.73. The van der Waals surface area contributed by atoms with Gasteiger partial charge < -0.3 is 15.8 Å². The number of nitrogens with zero attached hydrogens (tertiary/aromatic N) is 1. The Kier molecular flexibility index (Phi) is 7.98. The third-order valence-corrected chi connectivity index (χ3v) is 4.14. The first-order valence-electron chi connectivity index (χ1n) is 6.33. The molecule has 2 aromatic rings. The van der Waals surface area contributed by atoms with Crippen molar-refractivity contribution in [1.29, 1.82) is 0 Å². The number of nitrogens with one attached hydrogen (secondary N) is 1. The zero-order valence-electron chi connectivity index (χ0n) is 11.9. The van der Waals surface area contributed by atoms with Gasteiger partial charge in [-0.25, -0.2) is 4.98 Å². The van der Waals surface area contributed by atoms with Gasteiger partial charge in [-0.3, -0.25) is 4.79 Å². The summed E-state index contributed by atoms with van der Waals surface area (Å²) >= 11 is 4.89. The zero-order chi connectivity index (χ0) is 15.2. The zero-order valence-corrected chi connectivity index (χ0v) is 15.1. The summed E-state index contributed by atoms with van der Waals surface area (Å²) in [5, 5.41) is 3.25. The van der Waals surface area contributed by atoms with Gasteiger partial charge in [0.25, 0.3) is 0 Å². The Morgan fingerprint density at radius 1 is 1.55 bits per heavy atom. The fourth-order valence-corrected chi connectivity index (χ4v) is 3.04. The highest BCUT2D eigenvalue weighted by molar-refractivity contribution is 9.10. The van der Waals surface area contributed by atoms with Gasteiger partial charge in [-0.15, -0.1) is 23.7 Å². The highest BCUT2D eigenvalue weighted by Crippen LogP contribution is 2.22. The van der Waals surface area contributed by atoms with Crippen LogP contribution in [0.5, 0.6) is 0 Å². The summed E-state index contributed by atoms with van der Waals surface area (Å²) in [5.74, 6) is -0.291. The summed E-state index contributed by atoms with van der Waals surface area (Å²) in [5.41, 5.74) is 6.84. The molecule has 0 fully saturated rings. The number of benzene rings is 1. The summed E-state index contributed by atoms with van der Waals surface area (Å²) in [7, 11) is 1.51.